The molecule has 4 rings (SSSR count). The minimum Gasteiger partial charge on any atom is -0.464 e. The largest absolute Gasteiger partial charge is 0.464 e. The highest BCUT2D eigenvalue weighted by atomic mass is 35.5. The van der Waals surface area contributed by atoms with E-state index in [4.69, 9.17) is 9.15 Å². The standard InChI is InChI=1S/C18H17NO3.ClH/c20-18-15(11-19-5-7-21-8-6-19)12-22-17-10-14-4-2-1-3-13(14)9-16(17)18;/h1-4,9-10,12H,5-8,11H2;1H. The molecule has 2 aromatic carbocycles. The van der Waals surface area contributed by atoms with Crippen LogP contribution in [-0.4, -0.2) is 31.2 Å². The van der Waals surface area contributed by atoms with Crippen LogP contribution in [0.15, 0.2) is 51.9 Å². The van der Waals surface area contributed by atoms with E-state index in [1.807, 2.05) is 36.4 Å². The summed E-state index contributed by atoms with van der Waals surface area (Å²) in [6.45, 7) is 3.78. The fraction of sp³-hybridized carbons (Fsp3) is 0.278. The van der Waals surface area contributed by atoms with Gasteiger partial charge in [-0.15, -0.1) is 12.4 Å². The van der Waals surface area contributed by atoms with E-state index in [0.717, 1.165) is 37.1 Å². The Morgan fingerprint density at radius 3 is 2.48 bits per heavy atom. The van der Waals surface area contributed by atoms with Crippen molar-refractivity contribution in [2.75, 3.05) is 26.3 Å². The fourth-order valence-corrected chi connectivity index (χ4v) is 2.96. The van der Waals surface area contributed by atoms with Crippen LogP contribution in [0.5, 0.6) is 0 Å². The summed E-state index contributed by atoms with van der Waals surface area (Å²) < 4.78 is 11.1. The average Bonchev–Trinajstić information content (AvgIpc) is 2.57. The average molecular weight is 332 g/mol. The fourth-order valence-electron chi connectivity index (χ4n) is 2.96. The van der Waals surface area contributed by atoms with Crippen LogP contribution in [-0.2, 0) is 11.3 Å². The number of benzene rings is 2. The molecule has 1 aromatic heterocycles. The van der Waals surface area contributed by atoms with Gasteiger partial charge in [0.05, 0.1) is 24.9 Å². The van der Waals surface area contributed by atoms with Gasteiger partial charge < -0.3 is 9.15 Å². The Morgan fingerprint density at radius 2 is 1.74 bits per heavy atom. The van der Waals surface area contributed by atoms with Gasteiger partial charge in [-0.1, -0.05) is 24.3 Å². The molecule has 1 aliphatic heterocycles. The maximum absolute atomic E-state index is 12.7. The molecule has 5 heteroatoms. The molecule has 0 unspecified atom stereocenters. The van der Waals surface area contributed by atoms with Crippen LogP contribution in [0.2, 0.25) is 0 Å². The molecule has 0 radical (unpaired) electrons. The molecule has 0 saturated carbocycles. The first-order valence-corrected chi connectivity index (χ1v) is 7.54. The van der Waals surface area contributed by atoms with E-state index in [9.17, 15) is 4.79 Å². The molecule has 0 spiro atoms. The van der Waals surface area contributed by atoms with E-state index in [2.05, 4.69) is 4.90 Å². The molecular formula is C18H18ClNO3. The van der Waals surface area contributed by atoms with Crippen molar-refractivity contribution in [1.82, 2.24) is 4.90 Å². The van der Waals surface area contributed by atoms with Crippen LogP contribution >= 0.6 is 12.4 Å². The van der Waals surface area contributed by atoms with Gasteiger partial charge in [-0.3, -0.25) is 9.69 Å². The highest BCUT2D eigenvalue weighted by Crippen LogP contribution is 2.21. The molecule has 0 bridgehead atoms. The summed E-state index contributed by atoms with van der Waals surface area (Å²) in [5, 5.41) is 2.80. The van der Waals surface area contributed by atoms with Gasteiger partial charge in [0.15, 0.2) is 5.43 Å². The van der Waals surface area contributed by atoms with E-state index in [-0.39, 0.29) is 17.8 Å². The summed E-state index contributed by atoms with van der Waals surface area (Å²) in [7, 11) is 0. The van der Waals surface area contributed by atoms with Crippen LogP contribution in [0.4, 0.5) is 0 Å². The van der Waals surface area contributed by atoms with Crippen LogP contribution in [0.1, 0.15) is 5.56 Å². The number of hydrogen-bond acceptors (Lipinski definition) is 4. The molecule has 23 heavy (non-hydrogen) atoms. The minimum atomic E-state index is 0. The zero-order valence-corrected chi connectivity index (χ0v) is 13.5. The third-order valence-electron chi connectivity index (χ3n) is 4.21. The van der Waals surface area contributed by atoms with Crippen LogP contribution < -0.4 is 5.43 Å². The summed E-state index contributed by atoms with van der Waals surface area (Å²) in [6.07, 6.45) is 1.61. The highest BCUT2D eigenvalue weighted by Gasteiger charge is 2.14. The molecule has 0 atom stereocenters. The van der Waals surface area contributed by atoms with Crippen molar-refractivity contribution in [3.8, 4) is 0 Å². The van der Waals surface area contributed by atoms with Gasteiger partial charge in [-0.25, -0.2) is 0 Å². The number of rotatable bonds is 2. The molecule has 0 amide bonds. The second-order valence-corrected chi connectivity index (χ2v) is 5.67. The molecule has 1 aliphatic rings. The van der Waals surface area contributed by atoms with Crippen molar-refractivity contribution in [3.05, 3.63) is 58.4 Å². The summed E-state index contributed by atoms with van der Waals surface area (Å²) in [5.41, 5.74) is 1.43. The van der Waals surface area contributed by atoms with Crippen molar-refractivity contribution in [3.63, 3.8) is 0 Å². The van der Waals surface area contributed by atoms with Gasteiger partial charge in [0.2, 0.25) is 0 Å². The Hall–Kier alpha value is -1.88. The minimum absolute atomic E-state index is 0. The van der Waals surface area contributed by atoms with Crippen molar-refractivity contribution in [2.45, 2.75) is 6.54 Å². The number of morpholine rings is 1. The topological polar surface area (TPSA) is 42.7 Å². The predicted octanol–water partition coefficient (Wildman–Crippen LogP) is 3.20. The zero-order chi connectivity index (χ0) is 14.9. The lowest BCUT2D eigenvalue weighted by Gasteiger charge is -2.26. The SMILES string of the molecule is Cl.O=c1c(CN2CCOCC2)coc2cc3ccccc3cc12. The molecule has 1 fully saturated rings. The number of halogens is 1. The van der Waals surface area contributed by atoms with Crippen molar-refractivity contribution in [2.24, 2.45) is 0 Å². The smallest absolute Gasteiger partial charge is 0.197 e. The van der Waals surface area contributed by atoms with E-state index in [0.29, 0.717) is 23.1 Å². The molecule has 120 valence electrons. The Labute approximate surface area is 140 Å². The van der Waals surface area contributed by atoms with Crippen molar-refractivity contribution in [1.29, 1.82) is 0 Å². The maximum atomic E-state index is 12.7. The van der Waals surface area contributed by atoms with Crippen molar-refractivity contribution >= 4 is 34.1 Å². The summed E-state index contributed by atoms with van der Waals surface area (Å²) in [4.78, 5) is 15.0. The molecular weight excluding hydrogens is 314 g/mol. The number of fused-ring (bicyclic) bond motifs is 2. The molecule has 4 nitrogen and oxygen atoms in total. The number of ether oxygens (including phenoxy) is 1. The summed E-state index contributed by atoms with van der Waals surface area (Å²) in [6, 6.07) is 11.9. The summed E-state index contributed by atoms with van der Waals surface area (Å²) in [5.74, 6) is 0. The first-order chi connectivity index (χ1) is 10.8. The second kappa shape index (κ2) is 6.71. The number of hydrogen-bond donors (Lipinski definition) is 0. The second-order valence-electron chi connectivity index (χ2n) is 5.67. The molecule has 3 aromatic rings. The quantitative estimate of drug-likeness (QED) is 0.676. The van der Waals surface area contributed by atoms with Crippen LogP contribution in [0.25, 0.3) is 21.7 Å². The van der Waals surface area contributed by atoms with E-state index in [1.54, 1.807) is 6.26 Å². The van der Waals surface area contributed by atoms with Crippen LogP contribution in [0.3, 0.4) is 0 Å². The first kappa shape index (κ1) is 16.0. The summed E-state index contributed by atoms with van der Waals surface area (Å²) >= 11 is 0. The molecule has 1 saturated heterocycles. The van der Waals surface area contributed by atoms with E-state index >= 15 is 0 Å². The Morgan fingerprint density at radius 1 is 1.04 bits per heavy atom. The normalized spacial score (nSPS) is 15.7. The molecule has 0 N–H and O–H groups in total. The Bertz CT molecular complexity index is 884. The highest BCUT2D eigenvalue weighted by molar-refractivity contribution is 5.95. The van der Waals surface area contributed by atoms with Crippen molar-refractivity contribution < 1.29 is 9.15 Å². The Kier molecular flexibility index (Phi) is 4.66. The third kappa shape index (κ3) is 3.11. The monoisotopic (exact) mass is 331 g/mol. The lowest BCUT2D eigenvalue weighted by molar-refractivity contribution is 0.0339. The van der Waals surface area contributed by atoms with Gasteiger partial charge in [-0.05, 0) is 22.9 Å². The van der Waals surface area contributed by atoms with E-state index in [1.165, 1.54) is 0 Å². The maximum Gasteiger partial charge on any atom is 0.197 e. The number of nitrogens with zero attached hydrogens (tertiary/aromatic N) is 1. The lowest BCUT2D eigenvalue weighted by Crippen LogP contribution is -2.36. The third-order valence-corrected chi connectivity index (χ3v) is 4.21. The van der Waals surface area contributed by atoms with Gasteiger partial charge in [0.25, 0.3) is 0 Å². The molecule has 0 aliphatic carbocycles. The lowest BCUT2D eigenvalue weighted by atomic mass is 10.1. The van der Waals surface area contributed by atoms with Gasteiger partial charge >= 0.3 is 0 Å². The Balaban J connectivity index is 0.00000156. The van der Waals surface area contributed by atoms with Gasteiger partial charge in [0, 0.05) is 25.2 Å². The van der Waals surface area contributed by atoms with Gasteiger partial charge in [0.1, 0.15) is 5.58 Å². The van der Waals surface area contributed by atoms with Gasteiger partial charge in [-0.2, -0.15) is 0 Å². The van der Waals surface area contributed by atoms with Crippen LogP contribution in [0, 0.1) is 0 Å². The zero-order valence-electron chi connectivity index (χ0n) is 12.7. The molecule has 2 heterocycles. The van der Waals surface area contributed by atoms with E-state index < -0.39 is 0 Å². The first-order valence-electron chi connectivity index (χ1n) is 7.54. The predicted molar refractivity (Wildman–Crippen MR) is 93.3 cm³/mol.